The molecule has 0 bridgehead atoms. The van der Waals surface area contributed by atoms with Gasteiger partial charge in [0.2, 0.25) is 0 Å². The first-order chi connectivity index (χ1) is 4.86. The zero-order chi connectivity index (χ0) is 6.97. The number of carbonyl (C=O) groups is 1. The number of rotatable bonds is 0. The Labute approximate surface area is 60.6 Å². The average molecular weight is 140 g/mol. The minimum atomic E-state index is 0.0168. The third kappa shape index (κ3) is 0.917. The molecule has 1 saturated heterocycles. The highest BCUT2D eigenvalue weighted by Crippen LogP contribution is 2.35. The molecule has 0 aromatic rings. The van der Waals surface area contributed by atoms with Gasteiger partial charge in [-0.05, 0) is 31.6 Å². The van der Waals surface area contributed by atoms with Crippen molar-refractivity contribution >= 4 is 5.97 Å². The summed E-state index contributed by atoms with van der Waals surface area (Å²) in [4.78, 5) is 10.8. The van der Waals surface area contributed by atoms with Gasteiger partial charge < -0.3 is 4.74 Å². The molecule has 2 aliphatic rings. The van der Waals surface area contributed by atoms with E-state index >= 15 is 0 Å². The minimum Gasteiger partial charge on any atom is -0.462 e. The van der Waals surface area contributed by atoms with Gasteiger partial charge in [-0.2, -0.15) is 0 Å². The van der Waals surface area contributed by atoms with Crippen LogP contribution in [0.3, 0.4) is 0 Å². The van der Waals surface area contributed by atoms with Gasteiger partial charge in [0, 0.05) is 6.42 Å². The molecular weight excluding hydrogens is 128 g/mol. The second-order valence-corrected chi connectivity index (χ2v) is 3.26. The molecule has 0 amide bonds. The van der Waals surface area contributed by atoms with Crippen LogP contribution in [-0.4, -0.2) is 12.1 Å². The molecule has 1 heterocycles. The summed E-state index contributed by atoms with van der Waals surface area (Å²) in [5.41, 5.74) is 0. The summed E-state index contributed by atoms with van der Waals surface area (Å²) in [6, 6.07) is 0. The lowest BCUT2D eigenvalue weighted by Crippen LogP contribution is -2.27. The van der Waals surface area contributed by atoms with E-state index in [1.54, 1.807) is 0 Å². The van der Waals surface area contributed by atoms with Crippen LogP contribution in [-0.2, 0) is 9.53 Å². The molecule has 2 rings (SSSR count). The Bertz CT molecular complexity index is 153. The van der Waals surface area contributed by atoms with Crippen molar-refractivity contribution in [3.05, 3.63) is 0 Å². The smallest absolute Gasteiger partial charge is 0.306 e. The molecule has 56 valence electrons. The first kappa shape index (κ1) is 6.20. The van der Waals surface area contributed by atoms with Crippen LogP contribution in [0.25, 0.3) is 0 Å². The molecule has 1 saturated carbocycles. The van der Waals surface area contributed by atoms with Crippen molar-refractivity contribution in [3.8, 4) is 0 Å². The maximum atomic E-state index is 10.8. The van der Waals surface area contributed by atoms with Gasteiger partial charge in [0.25, 0.3) is 0 Å². The molecule has 0 aromatic carbocycles. The van der Waals surface area contributed by atoms with Crippen LogP contribution in [0.1, 0.15) is 32.1 Å². The summed E-state index contributed by atoms with van der Waals surface area (Å²) in [6.07, 6.45) is 5.66. The van der Waals surface area contributed by atoms with Crippen LogP contribution in [0, 0.1) is 5.92 Å². The second kappa shape index (κ2) is 2.26. The largest absolute Gasteiger partial charge is 0.462 e. The summed E-state index contributed by atoms with van der Waals surface area (Å²) in [5, 5.41) is 0. The van der Waals surface area contributed by atoms with E-state index < -0.39 is 0 Å². The molecule has 0 spiro atoms. The number of esters is 1. The average Bonchev–Trinajstić information content (AvgIpc) is 2.33. The van der Waals surface area contributed by atoms with E-state index in [4.69, 9.17) is 4.74 Å². The van der Waals surface area contributed by atoms with Gasteiger partial charge in [0.1, 0.15) is 6.10 Å². The van der Waals surface area contributed by atoms with Gasteiger partial charge >= 0.3 is 5.97 Å². The maximum Gasteiger partial charge on any atom is 0.306 e. The van der Waals surface area contributed by atoms with Gasteiger partial charge in [-0.25, -0.2) is 0 Å². The lowest BCUT2D eigenvalue weighted by Gasteiger charge is -2.24. The molecule has 2 atom stereocenters. The van der Waals surface area contributed by atoms with E-state index in [9.17, 15) is 4.79 Å². The van der Waals surface area contributed by atoms with Crippen molar-refractivity contribution in [2.45, 2.75) is 38.2 Å². The van der Waals surface area contributed by atoms with Crippen LogP contribution in [0.5, 0.6) is 0 Å². The normalized spacial score (nSPS) is 39.0. The topological polar surface area (TPSA) is 26.3 Å². The van der Waals surface area contributed by atoms with E-state index in [0.29, 0.717) is 18.4 Å². The van der Waals surface area contributed by atoms with Crippen LogP contribution in [0.2, 0.25) is 0 Å². The first-order valence-corrected chi connectivity index (χ1v) is 4.06. The van der Waals surface area contributed by atoms with Crippen molar-refractivity contribution in [1.82, 2.24) is 0 Å². The summed E-state index contributed by atoms with van der Waals surface area (Å²) < 4.78 is 5.17. The molecule has 10 heavy (non-hydrogen) atoms. The highest BCUT2D eigenvalue weighted by atomic mass is 16.5. The molecule has 0 radical (unpaired) electrons. The molecule has 0 aromatic heterocycles. The van der Waals surface area contributed by atoms with Crippen LogP contribution in [0.4, 0.5) is 0 Å². The Hall–Kier alpha value is -0.530. The van der Waals surface area contributed by atoms with E-state index in [1.807, 2.05) is 0 Å². The Morgan fingerprint density at radius 2 is 2.20 bits per heavy atom. The molecule has 0 N–H and O–H groups in total. The predicted molar refractivity (Wildman–Crippen MR) is 36.5 cm³/mol. The van der Waals surface area contributed by atoms with E-state index in [2.05, 4.69) is 0 Å². The molecule has 1 aliphatic carbocycles. The van der Waals surface area contributed by atoms with Crippen LogP contribution in [0.15, 0.2) is 0 Å². The van der Waals surface area contributed by atoms with Crippen LogP contribution < -0.4 is 0 Å². The summed E-state index contributed by atoms with van der Waals surface area (Å²) in [6.45, 7) is 0. The fourth-order valence-corrected chi connectivity index (χ4v) is 2.02. The standard InChI is InChI=1S/C8H12O2/c9-8-5-4-6-2-1-3-7(6)10-8/h6-7H,1-5H2. The fraction of sp³-hybridized carbons (Fsp3) is 0.875. The van der Waals surface area contributed by atoms with Crippen molar-refractivity contribution in [2.75, 3.05) is 0 Å². The highest BCUT2D eigenvalue weighted by molar-refractivity contribution is 5.70. The molecule has 2 heteroatoms. The molecule has 2 nitrogen and oxygen atoms in total. The molecule has 2 fully saturated rings. The monoisotopic (exact) mass is 140 g/mol. The summed E-state index contributed by atoms with van der Waals surface area (Å²) in [7, 11) is 0. The number of ether oxygens (including phenoxy) is 1. The number of hydrogen-bond acceptors (Lipinski definition) is 2. The number of hydrogen-bond donors (Lipinski definition) is 0. The number of carbonyl (C=O) groups excluding carboxylic acids is 1. The lowest BCUT2D eigenvalue weighted by molar-refractivity contribution is -0.156. The Morgan fingerprint density at radius 1 is 1.30 bits per heavy atom. The summed E-state index contributed by atoms with van der Waals surface area (Å²) in [5.74, 6) is 0.723. The van der Waals surface area contributed by atoms with E-state index in [-0.39, 0.29) is 5.97 Å². The Balaban J connectivity index is 2.03. The lowest BCUT2D eigenvalue weighted by atomic mass is 9.97. The molecule has 1 aliphatic heterocycles. The maximum absolute atomic E-state index is 10.8. The van der Waals surface area contributed by atoms with Crippen molar-refractivity contribution in [1.29, 1.82) is 0 Å². The third-order valence-corrected chi connectivity index (χ3v) is 2.59. The zero-order valence-corrected chi connectivity index (χ0v) is 6.01. The number of fused-ring (bicyclic) bond motifs is 1. The van der Waals surface area contributed by atoms with Gasteiger partial charge in [-0.3, -0.25) is 4.79 Å². The van der Waals surface area contributed by atoms with Crippen LogP contribution >= 0.6 is 0 Å². The van der Waals surface area contributed by atoms with E-state index in [0.717, 1.165) is 12.8 Å². The van der Waals surface area contributed by atoms with Gasteiger partial charge in [0.05, 0.1) is 0 Å². The first-order valence-electron chi connectivity index (χ1n) is 4.06. The van der Waals surface area contributed by atoms with E-state index in [1.165, 1.54) is 12.8 Å². The van der Waals surface area contributed by atoms with Crippen molar-refractivity contribution in [3.63, 3.8) is 0 Å². The Morgan fingerprint density at radius 3 is 3.10 bits per heavy atom. The van der Waals surface area contributed by atoms with Gasteiger partial charge in [-0.15, -0.1) is 0 Å². The SMILES string of the molecule is O=C1CCC2CCCC2O1. The fourth-order valence-electron chi connectivity index (χ4n) is 2.02. The third-order valence-electron chi connectivity index (χ3n) is 2.59. The van der Waals surface area contributed by atoms with Crippen molar-refractivity contribution < 1.29 is 9.53 Å². The Kier molecular flexibility index (Phi) is 1.40. The highest BCUT2D eigenvalue weighted by Gasteiger charge is 2.34. The molecule has 2 unspecified atom stereocenters. The molecular formula is C8H12O2. The quantitative estimate of drug-likeness (QED) is 0.476. The van der Waals surface area contributed by atoms with Crippen molar-refractivity contribution in [2.24, 2.45) is 5.92 Å². The second-order valence-electron chi connectivity index (χ2n) is 3.26. The zero-order valence-electron chi connectivity index (χ0n) is 6.01. The predicted octanol–water partition coefficient (Wildman–Crippen LogP) is 1.49. The summed E-state index contributed by atoms with van der Waals surface area (Å²) >= 11 is 0. The minimum absolute atomic E-state index is 0.0168. The van der Waals surface area contributed by atoms with Gasteiger partial charge in [0.15, 0.2) is 0 Å². The van der Waals surface area contributed by atoms with Gasteiger partial charge in [-0.1, -0.05) is 0 Å².